The first kappa shape index (κ1) is 18.5. The van der Waals surface area contributed by atoms with Crippen molar-refractivity contribution >= 4 is 12.0 Å². The Morgan fingerprint density at radius 1 is 1.04 bits per heavy atom. The number of nitrogens with zero attached hydrogens (tertiary/aromatic N) is 1. The molecule has 0 bridgehead atoms. The van der Waals surface area contributed by atoms with Crippen LogP contribution < -0.4 is 5.32 Å². The average molecular weight is 342 g/mol. The van der Waals surface area contributed by atoms with Crippen molar-refractivity contribution in [3.63, 3.8) is 0 Å². The maximum Gasteiger partial charge on any atom is 0.335 e. The summed E-state index contributed by atoms with van der Waals surface area (Å²) in [6, 6.07) is 16.1. The molecule has 0 heterocycles. The quantitative estimate of drug-likeness (QED) is 0.723. The van der Waals surface area contributed by atoms with E-state index in [2.05, 4.69) is 5.32 Å². The van der Waals surface area contributed by atoms with Crippen LogP contribution in [-0.4, -0.2) is 42.2 Å². The number of rotatable bonds is 8. The van der Waals surface area contributed by atoms with Gasteiger partial charge in [-0.15, -0.1) is 0 Å². The summed E-state index contributed by atoms with van der Waals surface area (Å²) in [6.07, 6.45) is 0. The van der Waals surface area contributed by atoms with Gasteiger partial charge in [-0.3, -0.25) is 0 Å². The third kappa shape index (κ3) is 6.27. The highest BCUT2D eigenvalue weighted by molar-refractivity contribution is 5.87. The predicted molar refractivity (Wildman–Crippen MR) is 94.4 cm³/mol. The molecular formula is C19H22N2O4. The number of carboxylic acids is 1. The van der Waals surface area contributed by atoms with E-state index in [0.717, 1.165) is 11.1 Å². The Bertz CT molecular complexity index is 686. The smallest absolute Gasteiger partial charge is 0.335 e. The Morgan fingerprint density at radius 3 is 2.36 bits per heavy atom. The summed E-state index contributed by atoms with van der Waals surface area (Å²) >= 11 is 0. The summed E-state index contributed by atoms with van der Waals surface area (Å²) in [5, 5.41) is 11.6. The van der Waals surface area contributed by atoms with Crippen LogP contribution in [0.5, 0.6) is 0 Å². The molecule has 2 aromatic rings. The monoisotopic (exact) mass is 342 g/mol. The van der Waals surface area contributed by atoms with E-state index in [-0.39, 0.29) is 11.6 Å². The van der Waals surface area contributed by atoms with Crippen molar-refractivity contribution in [2.75, 3.05) is 20.2 Å². The van der Waals surface area contributed by atoms with Gasteiger partial charge < -0.3 is 20.1 Å². The average Bonchev–Trinajstić information content (AvgIpc) is 2.64. The highest BCUT2D eigenvalue weighted by Gasteiger charge is 2.08. The van der Waals surface area contributed by atoms with Crippen molar-refractivity contribution in [3.8, 4) is 0 Å². The van der Waals surface area contributed by atoms with Gasteiger partial charge in [0.25, 0.3) is 0 Å². The fraction of sp³-hybridized carbons (Fsp3) is 0.263. The molecule has 2 rings (SSSR count). The number of hydrogen-bond acceptors (Lipinski definition) is 3. The van der Waals surface area contributed by atoms with Crippen LogP contribution in [0, 0.1) is 0 Å². The lowest BCUT2D eigenvalue weighted by Gasteiger charge is -2.18. The van der Waals surface area contributed by atoms with Crippen LogP contribution in [0.4, 0.5) is 4.79 Å². The van der Waals surface area contributed by atoms with Crippen molar-refractivity contribution in [2.45, 2.75) is 13.2 Å². The lowest BCUT2D eigenvalue weighted by Crippen LogP contribution is -2.38. The number of likely N-dealkylation sites (N-methyl/N-ethyl adjacent to an activating group) is 1. The largest absolute Gasteiger partial charge is 0.478 e. The molecule has 0 aromatic heterocycles. The third-order valence-corrected chi connectivity index (χ3v) is 3.67. The van der Waals surface area contributed by atoms with Gasteiger partial charge in [-0.1, -0.05) is 42.5 Å². The zero-order valence-electron chi connectivity index (χ0n) is 14.1. The molecule has 0 fully saturated rings. The lowest BCUT2D eigenvalue weighted by molar-refractivity contribution is 0.0697. The normalized spacial score (nSPS) is 10.3. The molecule has 0 aliphatic rings. The van der Waals surface area contributed by atoms with Crippen molar-refractivity contribution in [1.82, 2.24) is 10.2 Å². The molecule has 0 saturated carbocycles. The molecule has 2 N–H and O–H groups in total. The third-order valence-electron chi connectivity index (χ3n) is 3.67. The first-order valence-corrected chi connectivity index (χ1v) is 7.99. The zero-order chi connectivity index (χ0) is 18.1. The maximum absolute atomic E-state index is 12.0. The first-order valence-electron chi connectivity index (χ1n) is 7.99. The molecule has 132 valence electrons. The number of benzene rings is 2. The Labute approximate surface area is 147 Å². The molecule has 6 nitrogen and oxygen atoms in total. The number of hydrogen-bond donors (Lipinski definition) is 2. The number of amides is 2. The van der Waals surface area contributed by atoms with Crippen molar-refractivity contribution in [1.29, 1.82) is 0 Å². The molecule has 25 heavy (non-hydrogen) atoms. The Hall–Kier alpha value is -2.86. The van der Waals surface area contributed by atoms with Gasteiger partial charge in [0, 0.05) is 20.1 Å². The minimum absolute atomic E-state index is 0.203. The molecule has 0 aliphatic heterocycles. The fourth-order valence-electron chi connectivity index (χ4n) is 2.15. The summed E-state index contributed by atoms with van der Waals surface area (Å²) in [5.41, 5.74) is 2.16. The first-order chi connectivity index (χ1) is 12.1. The van der Waals surface area contributed by atoms with Crippen LogP contribution in [-0.2, 0) is 17.9 Å². The SMILES string of the molecule is CN(CCOCc1ccccc1)C(=O)NCc1ccc(C(=O)O)cc1. The van der Waals surface area contributed by atoms with Gasteiger partial charge in [-0.2, -0.15) is 0 Å². The molecule has 2 aromatic carbocycles. The molecule has 0 radical (unpaired) electrons. The number of nitrogens with one attached hydrogen (secondary N) is 1. The Kier molecular flexibility index (Phi) is 6.98. The molecule has 2 amide bonds. The highest BCUT2D eigenvalue weighted by atomic mass is 16.5. The van der Waals surface area contributed by atoms with E-state index in [1.165, 1.54) is 12.1 Å². The summed E-state index contributed by atoms with van der Waals surface area (Å²) in [6.45, 7) is 1.79. The van der Waals surface area contributed by atoms with Gasteiger partial charge >= 0.3 is 12.0 Å². The predicted octanol–water partition coefficient (Wildman–Crippen LogP) is 2.74. The van der Waals surface area contributed by atoms with E-state index in [4.69, 9.17) is 9.84 Å². The second kappa shape index (κ2) is 9.44. The molecule has 6 heteroatoms. The van der Waals surface area contributed by atoms with Gasteiger partial charge in [0.15, 0.2) is 0 Å². The lowest BCUT2D eigenvalue weighted by atomic mass is 10.1. The van der Waals surface area contributed by atoms with E-state index in [1.54, 1.807) is 24.1 Å². The minimum atomic E-state index is -0.967. The molecule has 0 aliphatic carbocycles. The van der Waals surface area contributed by atoms with Gasteiger partial charge in [0.05, 0.1) is 18.8 Å². The van der Waals surface area contributed by atoms with Crippen molar-refractivity contribution < 1.29 is 19.4 Å². The molecule has 0 atom stereocenters. The zero-order valence-corrected chi connectivity index (χ0v) is 14.1. The molecule has 0 saturated heterocycles. The van der Waals surface area contributed by atoms with Gasteiger partial charge in [-0.25, -0.2) is 9.59 Å². The van der Waals surface area contributed by atoms with Crippen LogP contribution in [0.2, 0.25) is 0 Å². The van der Waals surface area contributed by atoms with Crippen LogP contribution in [0.25, 0.3) is 0 Å². The van der Waals surface area contributed by atoms with Gasteiger partial charge in [0.2, 0.25) is 0 Å². The van der Waals surface area contributed by atoms with E-state index < -0.39 is 5.97 Å². The highest BCUT2D eigenvalue weighted by Crippen LogP contribution is 2.04. The second-order valence-electron chi connectivity index (χ2n) is 5.62. The van der Waals surface area contributed by atoms with Crippen LogP contribution in [0.15, 0.2) is 54.6 Å². The number of ether oxygens (including phenoxy) is 1. The van der Waals surface area contributed by atoms with E-state index in [9.17, 15) is 9.59 Å². The van der Waals surface area contributed by atoms with Crippen LogP contribution >= 0.6 is 0 Å². The topological polar surface area (TPSA) is 78.9 Å². The standard InChI is InChI=1S/C19H22N2O4/c1-21(11-12-25-14-16-5-3-2-4-6-16)19(24)20-13-15-7-9-17(10-8-15)18(22)23/h2-10H,11-14H2,1H3,(H,20,24)(H,22,23). The fourth-order valence-corrected chi connectivity index (χ4v) is 2.15. The molecular weight excluding hydrogens is 320 g/mol. The summed E-state index contributed by atoms with van der Waals surface area (Å²) in [7, 11) is 1.70. The number of carbonyl (C=O) groups excluding carboxylic acids is 1. The Balaban J connectivity index is 1.66. The number of urea groups is 1. The minimum Gasteiger partial charge on any atom is -0.478 e. The van der Waals surface area contributed by atoms with Crippen molar-refractivity contribution in [2.24, 2.45) is 0 Å². The number of carboxylic acid groups (broad SMARTS) is 1. The second-order valence-corrected chi connectivity index (χ2v) is 5.62. The summed E-state index contributed by atoms with van der Waals surface area (Å²) < 4.78 is 5.56. The summed E-state index contributed by atoms with van der Waals surface area (Å²) in [4.78, 5) is 24.4. The maximum atomic E-state index is 12.0. The van der Waals surface area contributed by atoms with Crippen LogP contribution in [0.3, 0.4) is 0 Å². The van der Waals surface area contributed by atoms with Crippen molar-refractivity contribution in [3.05, 3.63) is 71.3 Å². The van der Waals surface area contributed by atoms with Crippen LogP contribution in [0.1, 0.15) is 21.5 Å². The molecule has 0 unspecified atom stereocenters. The molecule has 0 spiro atoms. The van der Waals surface area contributed by atoms with Gasteiger partial charge in [-0.05, 0) is 23.3 Å². The number of aromatic carboxylic acids is 1. The van der Waals surface area contributed by atoms with E-state index in [1.807, 2.05) is 30.3 Å². The van der Waals surface area contributed by atoms with E-state index in [0.29, 0.717) is 26.3 Å². The Morgan fingerprint density at radius 2 is 1.72 bits per heavy atom. The summed E-state index contributed by atoms with van der Waals surface area (Å²) in [5.74, 6) is -0.967. The van der Waals surface area contributed by atoms with Gasteiger partial charge in [0.1, 0.15) is 0 Å². The number of carbonyl (C=O) groups is 2. The van der Waals surface area contributed by atoms with E-state index >= 15 is 0 Å².